The molecule has 7 N–H and O–H groups in total. The molecule has 10 saturated carbocycles. The molecule has 0 aromatic heterocycles. The molecule has 0 saturated heterocycles. The number of rotatable bonds is 5. The van der Waals surface area contributed by atoms with Gasteiger partial charge >= 0.3 is 5.97 Å². The fourth-order valence-electron chi connectivity index (χ4n) is 25.4. The molecular formula is C72H87NO9. The number of aliphatic hydroxyl groups is 6. The summed E-state index contributed by atoms with van der Waals surface area (Å²) in [5.74, 6) is 11.9. The number of allylic oxidation sites excluding steroid dienone is 2. The smallest absolute Gasteiger partial charge is 0.331 e. The van der Waals surface area contributed by atoms with Gasteiger partial charge in [0.05, 0.1) is 29.8 Å². The summed E-state index contributed by atoms with van der Waals surface area (Å²) in [5, 5.41) is 89.4. The Hall–Kier alpha value is -4.10. The van der Waals surface area contributed by atoms with Crippen LogP contribution in [0.3, 0.4) is 0 Å². The molecule has 82 heavy (non-hydrogen) atoms. The number of fused-ring (bicyclic) bond motifs is 3. The zero-order valence-corrected chi connectivity index (χ0v) is 48.1. The van der Waals surface area contributed by atoms with Crippen LogP contribution in [0.2, 0.25) is 0 Å². The molecule has 17 rings (SSSR count). The van der Waals surface area contributed by atoms with Gasteiger partial charge in [0, 0.05) is 69.9 Å². The summed E-state index contributed by atoms with van der Waals surface area (Å²) in [6, 6.07) is 16.7. The Kier molecular flexibility index (Phi) is 12.2. The molecule has 10 nitrogen and oxygen atoms in total. The summed E-state index contributed by atoms with van der Waals surface area (Å²) in [7, 11) is 1.95. The van der Waals surface area contributed by atoms with E-state index in [0.717, 1.165) is 92.8 Å². The first-order valence-corrected chi connectivity index (χ1v) is 32.8. The van der Waals surface area contributed by atoms with Crippen LogP contribution in [0, 0.1) is 128 Å². The first kappa shape index (κ1) is 53.4. The Balaban J connectivity index is 0.966. The molecule has 0 amide bonds. The van der Waals surface area contributed by atoms with Gasteiger partial charge in [0.2, 0.25) is 0 Å². The third-order valence-corrected chi connectivity index (χ3v) is 28.1. The third-order valence-electron chi connectivity index (χ3n) is 28.1. The molecule has 434 valence electrons. The van der Waals surface area contributed by atoms with Crippen LogP contribution < -0.4 is 5.32 Å². The lowest BCUT2D eigenvalue weighted by molar-refractivity contribution is -0.392. The van der Waals surface area contributed by atoms with Crippen molar-refractivity contribution in [1.29, 1.82) is 0 Å². The third kappa shape index (κ3) is 6.76. The summed E-state index contributed by atoms with van der Waals surface area (Å²) < 4.78 is 6.57. The molecule has 3 spiro atoms. The molecule has 0 radical (unpaired) electrons. The van der Waals surface area contributed by atoms with E-state index in [0.29, 0.717) is 50.9 Å². The fraction of sp³-hybridized carbons (Fsp3) is 0.694. The van der Waals surface area contributed by atoms with Gasteiger partial charge < -0.3 is 45.5 Å². The van der Waals surface area contributed by atoms with Crippen LogP contribution in [0.4, 0.5) is 0 Å². The molecule has 24 unspecified atom stereocenters. The Bertz CT molecular complexity index is 3140. The number of aliphatic hydroxyl groups excluding tert-OH is 3. The minimum Gasteiger partial charge on any atom is -0.454 e. The Morgan fingerprint density at radius 1 is 0.780 bits per heavy atom. The quantitative estimate of drug-likeness (QED) is 0.0663. The van der Waals surface area contributed by atoms with Gasteiger partial charge in [-0.15, -0.1) is 5.92 Å². The van der Waals surface area contributed by atoms with Gasteiger partial charge in [-0.05, 0) is 191 Å². The largest absolute Gasteiger partial charge is 0.454 e. The SMILES string of the molecule is CNC1Cc2c(cccc2CO)C#CC2(CCCC2)CC23CC4C#CCC5C(c6ccccc6)CCC6C5CCC65CC6(C=O)C4C(O)(C(O)C4CC7C(C=CCC7C7CCCC7)CC(C5O)C46O)C2(O)CC2CC1C1OC(=O)C=C1C23. The van der Waals surface area contributed by atoms with Crippen molar-refractivity contribution in [2.24, 2.45) is 105 Å². The first-order chi connectivity index (χ1) is 39.7. The normalized spacial score (nSPS) is 50.4. The van der Waals surface area contributed by atoms with Gasteiger partial charge in [-0.25, -0.2) is 4.79 Å². The second-order valence-corrected chi connectivity index (χ2v) is 30.3. The minimum atomic E-state index is -2.38. The molecule has 9 bridgehead atoms. The molecule has 2 aromatic carbocycles. The van der Waals surface area contributed by atoms with Gasteiger partial charge in [-0.1, -0.05) is 111 Å². The number of carbonyl (C=O) groups excluding carboxylic acids is 2. The van der Waals surface area contributed by atoms with E-state index in [1.807, 2.05) is 19.2 Å². The highest BCUT2D eigenvalue weighted by molar-refractivity contribution is 5.86. The van der Waals surface area contributed by atoms with Gasteiger partial charge in [-0.3, -0.25) is 0 Å². The van der Waals surface area contributed by atoms with Crippen LogP contribution >= 0.6 is 0 Å². The van der Waals surface area contributed by atoms with E-state index < -0.39 is 92.3 Å². The Morgan fingerprint density at radius 3 is 2.37 bits per heavy atom. The second-order valence-electron chi connectivity index (χ2n) is 30.3. The molecule has 24 atom stereocenters. The molecule has 2 aromatic rings. The van der Waals surface area contributed by atoms with E-state index in [4.69, 9.17) is 4.74 Å². The Labute approximate surface area is 485 Å². The molecular weight excluding hydrogens is 1020 g/mol. The topological polar surface area (TPSA) is 177 Å². The summed E-state index contributed by atoms with van der Waals surface area (Å²) >= 11 is 0. The Morgan fingerprint density at radius 2 is 1.59 bits per heavy atom. The number of hydrogen-bond acceptors (Lipinski definition) is 10. The van der Waals surface area contributed by atoms with Crippen LogP contribution in [0.1, 0.15) is 163 Å². The zero-order chi connectivity index (χ0) is 55.9. The summed E-state index contributed by atoms with van der Waals surface area (Å²) in [4.78, 5) is 30.2. The maximum Gasteiger partial charge on any atom is 0.331 e. The van der Waals surface area contributed by atoms with Gasteiger partial charge in [0.1, 0.15) is 23.6 Å². The van der Waals surface area contributed by atoms with Crippen LogP contribution in [-0.2, 0) is 27.4 Å². The number of likely N-dealkylation sites (N-methyl/N-ethyl adjacent to an activating group) is 1. The molecule has 10 heteroatoms. The number of hydrogen-bond donors (Lipinski definition) is 7. The summed E-state index contributed by atoms with van der Waals surface area (Å²) in [6.45, 7) is -0.139. The highest BCUT2D eigenvalue weighted by atomic mass is 16.5. The number of benzene rings is 2. The lowest BCUT2D eigenvalue weighted by atomic mass is 9.30. The van der Waals surface area contributed by atoms with Crippen molar-refractivity contribution in [2.75, 3.05) is 7.05 Å². The van der Waals surface area contributed by atoms with E-state index in [2.05, 4.69) is 77.5 Å². The van der Waals surface area contributed by atoms with E-state index in [9.17, 15) is 20.1 Å². The van der Waals surface area contributed by atoms with E-state index >= 15 is 20.1 Å². The monoisotopic (exact) mass is 1110 g/mol. The maximum absolute atomic E-state index is 15.9. The predicted octanol–water partition coefficient (Wildman–Crippen LogP) is 8.91. The summed E-state index contributed by atoms with van der Waals surface area (Å²) in [5.41, 5.74) is -5.92. The van der Waals surface area contributed by atoms with Crippen molar-refractivity contribution in [2.45, 2.75) is 195 Å². The molecule has 10 fully saturated rings. The van der Waals surface area contributed by atoms with Crippen molar-refractivity contribution in [3.05, 3.63) is 94.6 Å². The van der Waals surface area contributed by atoms with Crippen LogP contribution in [0.5, 0.6) is 0 Å². The van der Waals surface area contributed by atoms with Crippen molar-refractivity contribution in [1.82, 2.24) is 5.32 Å². The number of esters is 1. The van der Waals surface area contributed by atoms with Gasteiger partial charge in [0.15, 0.2) is 0 Å². The molecule has 15 aliphatic rings. The zero-order valence-electron chi connectivity index (χ0n) is 48.1. The van der Waals surface area contributed by atoms with Gasteiger partial charge in [0.25, 0.3) is 0 Å². The van der Waals surface area contributed by atoms with Crippen molar-refractivity contribution in [3.63, 3.8) is 0 Å². The first-order valence-electron chi connectivity index (χ1n) is 32.8. The molecule has 1 aliphatic heterocycles. The number of aldehydes is 1. The van der Waals surface area contributed by atoms with Crippen LogP contribution in [-0.4, -0.2) is 91.1 Å². The van der Waals surface area contributed by atoms with Crippen molar-refractivity contribution in [3.8, 4) is 23.7 Å². The van der Waals surface area contributed by atoms with Crippen molar-refractivity contribution < 1.29 is 45.0 Å². The highest BCUT2D eigenvalue weighted by Gasteiger charge is 2.89. The minimum absolute atomic E-state index is 0.00246. The number of carbonyl (C=O) groups is 2. The number of nitrogens with one attached hydrogen (secondary N) is 1. The predicted molar refractivity (Wildman–Crippen MR) is 308 cm³/mol. The number of ether oxygens (including phenoxy) is 1. The van der Waals surface area contributed by atoms with Crippen molar-refractivity contribution >= 4 is 12.3 Å². The van der Waals surface area contributed by atoms with E-state index in [-0.39, 0.29) is 85.2 Å². The standard InChI is InChI=1S/C72H87NO9/c1-73-59-33-52-43(16-9-19-46(52)37-74)24-28-66(26-7-8-27-66)38-68-35-45-18-11-21-50-49(42-12-3-2-4-13-42)22-23-56-51(50)25-29-67(56)39-69(40-75)63(45)72(81,70(68,79)36-47-30-54(59)62-55(61(47)68)34-60(76)82-62)65(78)58-32-53-44(31-57(64(67)77)71(58,69)80)17-10-20-48(53)41-14-5-6-15-41/h2-4,9-10,12-13,16-17,19,34,40-41,44-45,47-51,53-54,56-59,61-65,73-74,77-81H,5-8,14-15,20-23,25-27,29-33,35-39H2,1H3. The van der Waals surface area contributed by atoms with Crippen LogP contribution in [0.15, 0.2) is 72.3 Å². The second kappa shape index (κ2) is 18.7. The van der Waals surface area contributed by atoms with E-state index in [1.54, 1.807) is 6.08 Å². The lowest BCUT2D eigenvalue weighted by Crippen LogP contribution is -2.88. The molecule has 14 aliphatic carbocycles. The average molecular weight is 1110 g/mol. The molecule has 1 heterocycles. The van der Waals surface area contributed by atoms with E-state index in [1.165, 1.54) is 18.4 Å². The average Bonchev–Trinajstić information content (AvgIpc) is 1.20. The van der Waals surface area contributed by atoms with Crippen LogP contribution in [0.25, 0.3) is 0 Å². The lowest BCUT2D eigenvalue weighted by Gasteiger charge is -2.76. The van der Waals surface area contributed by atoms with Gasteiger partial charge in [-0.2, -0.15) is 0 Å². The maximum atomic E-state index is 15.9. The highest BCUT2D eigenvalue weighted by Crippen LogP contribution is 2.82. The fourth-order valence-corrected chi connectivity index (χ4v) is 25.4. The summed E-state index contributed by atoms with van der Waals surface area (Å²) in [6.07, 6.45) is 20.0.